The summed E-state index contributed by atoms with van der Waals surface area (Å²) in [4.78, 5) is 9.48. The third kappa shape index (κ3) is 3.07. The number of aromatic nitrogens is 1. The maximum absolute atomic E-state index is 9.13. The highest BCUT2D eigenvalue weighted by molar-refractivity contribution is 5.47. The van der Waals surface area contributed by atoms with Crippen LogP contribution in [0, 0.1) is 12.8 Å². The van der Waals surface area contributed by atoms with Gasteiger partial charge >= 0.3 is 0 Å². The van der Waals surface area contributed by atoms with E-state index < -0.39 is 0 Å². The lowest BCUT2D eigenvalue weighted by molar-refractivity contribution is 0.247. The van der Waals surface area contributed by atoms with Crippen molar-refractivity contribution < 1.29 is 5.11 Å². The number of aryl methyl sites for hydroxylation is 1. The normalized spacial score (nSPS) is 20.8. The molecule has 0 spiro atoms. The Morgan fingerprint density at radius 3 is 2.58 bits per heavy atom. The van der Waals surface area contributed by atoms with Crippen LogP contribution in [0.2, 0.25) is 0 Å². The Bertz CT molecular complexity index is 437. The smallest absolute Gasteiger partial charge is 0.131 e. The second kappa shape index (κ2) is 5.47. The van der Waals surface area contributed by atoms with E-state index in [1.165, 1.54) is 24.9 Å². The van der Waals surface area contributed by atoms with Gasteiger partial charge in [-0.1, -0.05) is 0 Å². The molecule has 1 saturated heterocycles. The fraction of sp³-hybridized carbons (Fsp3) is 0.667. The maximum atomic E-state index is 9.13. The molecule has 2 aliphatic rings. The zero-order chi connectivity index (χ0) is 13.2. The van der Waals surface area contributed by atoms with Crippen LogP contribution in [-0.2, 0) is 6.61 Å². The number of aliphatic hydroxyl groups is 1. The quantitative estimate of drug-likeness (QED) is 0.889. The molecule has 2 heterocycles. The van der Waals surface area contributed by atoms with Crippen LogP contribution in [-0.4, -0.2) is 47.7 Å². The van der Waals surface area contributed by atoms with Gasteiger partial charge in [0.25, 0.3) is 0 Å². The van der Waals surface area contributed by atoms with Crippen molar-refractivity contribution in [3.05, 3.63) is 23.4 Å². The zero-order valence-electron chi connectivity index (χ0n) is 11.7. The van der Waals surface area contributed by atoms with Crippen LogP contribution in [0.3, 0.4) is 0 Å². The Balaban J connectivity index is 1.60. The van der Waals surface area contributed by atoms with Crippen LogP contribution in [0.4, 0.5) is 5.82 Å². The number of piperazine rings is 1. The molecule has 0 radical (unpaired) electrons. The van der Waals surface area contributed by atoms with Gasteiger partial charge < -0.3 is 10.0 Å². The largest absolute Gasteiger partial charge is 0.392 e. The second-order valence-corrected chi connectivity index (χ2v) is 5.87. The third-order valence-electron chi connectivity index (χ3n) is 4.17. The first-order valence-electron chi connectivity index (χ1n) is 7.30. The summed E-state index contributed by atoms with van der Waals surface area (Å²) in [5.41, 5.74) is 2.07. The SMILES string of the molecule is Cc1cc(CO)cnc1N1CCN(CC2CC2)CC1. The van der Waals surface area contributed by atoms with Crippen LogP contribution in [0.25, 0.3) is 0 Å². The highest BCUT2D eigenvalue weighted by atomic mass is 16.3. The Morgan fingerprint density at radius 1 is 1.26 bits per heavy atom. The minimum atomic E-state index is 0.0727. The van der Waals surface area contributed by atoms with Crippen molar-refractivity contribution in [2.45, 2.75) is 26.4 Å². The molecule has 4 heteroatoms. The Hall–Kier alpha value is -1.13. The van der Waals surface area contributed by atoms with Crippen LogP contribution in [0.1, 0.15) is 24.0 Å². The van der Waals surface area contributed by atoms with Crippen molar-refractivity contribution in [1.29, 1.82) is 0 Å². The number of rotatable bonds is 4. The molecule has 1 N–H and O–H groups in total. The maximum Gasteiger partial charge on any atom is 0.131 e. The molecule has 1 aliphatic carbocycles. The molecule has 1 saturated carbocycles. The van der Waals surface area contributed by atoms with E-state index in [9.17, 15) is 0 Å². The van der Waals surface area contributed by atoms with Gasteiger partial charge in [-0.25, -0.2) is 4.98 Å². The molecule has 19 heavy (non-hydrogen) atoms. The standard InChI is InChI=1S/C15H23N3O/c1-12-8-14(11-19)9-16-15(12)18-6-4-17(5-7-18)10-13-2-3-13/h8-9,13,19H,2-7,10-11H2,1H3. The Labute approximate surface area is 115 Å². The van der Waals surface area contributed by atoms with Gasteiger partial charge in [-0.05, 0) is 42.9 Å². The van der Waals surface area contributed by atoms with Crippen LogP contribution in [0.15, 0.2) is 12.3 Å². The molecular weight excluding hydrogens is 238 g/mol. The van der Waals surface area contributed by atoms with Crippen molar-refractivity contribution in [2.75, 3.05) is 37.6 Å². The van der Waals surface area contributed by atoms with Crippen LogP contribution >= 0.6 is 0 Å². The highest BCUT2D eigenvalue weighted by Crippen LogP contribution is 2.30. The first-order valence-corrected chi connectivity index (χ1v) is 7.30. The van der Waals surface area contributed by atoms with Crippen LogP contribution < -0.4 is 4.90 Å². The Kier molecular flexibility index (Phi) is 3.71. The average Bonchev–Trinajstić information content (AvgIpc) is 3.24. The number of hydrogen-bond donors (Lipinski definition) is 1. The number of nitrogens with zero attached hydrogens (tertiary/aromatic N) is 3. The second-order valence-electron chi connectivity index (χ2n) is 5.87. The van der Waals surface area contributed by atoms with Gasteiger partial charge in [0.05, 0.1) is 6.61 Å². The molecule has 1 aromatic heterocycles. The molecular formula is C15H23N3O. The minimum absolute atomic E-state index is 0.0727. The van der Waals surface area contributed by atoms with Gasteiger partial charge in [0.1, 0.15) is 5.82 Å². The average molecular weight is 261 g/mol. The van der Waals surface area contributed by atoms with E-state index in [1.807, 2.05) is 6.07 Å². The number of aliphatic hydroxyl groups excluding tert-OH is 1. The first kappa shape index (κ1) is 12.9. The predicted molar refractivity (Wildman–Crippen MR) is 76.3 cm³/mol. The van der Waals surface area contributed by atoms with E-state index in [4.69, 9.17) is 5.11 Å². The topological polar surface area (TPSA) is 39.6 Å². The molecule has 3 rings (SSSR count). The fourth-order valence-electron chi connectivity index (χ4n) is 2.85. The molecule has 104 valence electrons. The van der Waals surface area contributed by atoms with Gasteiger partial charge in [-0.3, -0.25) is 4.90 Å². The zero-order valence-corrected chi connectivity index (χ0v) is 11.7. The van der Waals surface area contributed by atoms with Crippen molar-refractivity contribution in [2.24, 2.45) is 5.92 Å². The number of pyridine rings is 1. The highest BCUT2D eigenvalue weighted by Gasteiger charge is 2.26. The predicted octanol–water partition coefficient (Wildman–Crippen LogP) is 1.41. The van der Waals surface area contributed by atoms with E-state index in [2.05, 4.69) is 21.7 Å². The summed E-state index contributed by atoms with van der Waals surface area (Å²) in [5.74, 6) is 2.07. The summed E-state index contributed by atoms with van der Waals surface area (Å²) in [7, 11) is 0. The van der Waals surface area contributed by atoms with Crippen molar-refractivity contribution in [3.63, 3.8) is 0 Å². The third-order valence-corrected chi connectivity index (χ3v) is 4.17. The lowest BCUT2D eigenvalue weighted by Gasteiger charge is -2.36. The van der Waals surface area contributed by atoms with E-state index in [0.29, 0.717) is 0 Å². The van der Waals surface area contributed by atoms with Crippen LogP contribution in [0.5, 0.6) is 0 Å². The molecule has 4 nitrogen and oxygen atoms in total. The summed E-state index contributed by atoms with van der Waals surface area (Å²) in [6, 6.07) is 2.04. The van der Waals surface area contributed by atoms with E-state index in [1.54, 1.807) is 6.20 Å². The summed E-state index contributed by atoms with van der Waals surface area (Å²) < 4.78 is 0. The van der Waals surface area contributed by atoms with Crippen molar-refractivity contribution in [1.82, 2.24) is 9.88 Å². The lowest BCUT2D eigenvalue weighted by Crippen LogP contribution is -2.47. The fourth-order valence-corrected chi connectivity index (χ4v) is 2.85. The van der Waals surface area contributed by atoms with Gasteiger partial charge in [-0.2, -0.15) is 0 Å². The minimum Gasteiger partial charge on any atom is -0.392 e. The van der Waals surface area contributed by atoms with Gasteiger partial charge in [0.15, 0.2) is 0 Å². The monoisotopic (exact) mass is 261 g/mol. The molecule has 0 bridgehead atoms. The summed E-state index contributed by atoms with van der Waals surface area (Å²) >= 11 is 0. The van der Waals surface area contributed by atoms with Gasteiger partial charge in [0.2, 0.25) is 0 Å². The van der Waals surface area contributed by atoms with Gasteiger partial charge in [-0.15, -0.1) is 0 Å². The van der Waals surface area contributed by atoms with Crippen molar-refractivity contribution in [3.8, 4) is 0 Å². The number of anilines is 1. The number of hydrogen-bond acceptors (Lipinski definition) is 4. The first-order chi connectivity index (χ1) is 9.26. The van der Waals surface area contributed by atoms with Gasteiger partial charge in [0, 0.05) is 38.9 Å². The molecule has 0 unspecified atom stereocenters. The molecule has 1 aromatic rings. The van der Waals surface area contributed by atoms with E-state index in [0.717, 1.165) is 43.5 Å². The molecule has 2 fully saturated rings. The van der Waals surface area contributed by atoms with Crippen molar-refractivity contribution >= 4 is 5.82 Å². The summed E-state index contributed by atoms with van der Waals surface area (Å²) in [6.07, 6.45) is 4.66. The molecule has 0 aromatic carbocycles. The summed E-state index contributed by atoms with van der Waals surface area (Å²) in [5, 5.41) is 9.13. The molecule has 0 amide bonds. The lowest BCUT2D eigenvalue weighted by atomic mass is 10.2. The Morgan fingerprint density at radius 2 is 2.00 bits per heavy atom. The molecule has 1 aliphatic heterocycles. The van der Waals surface area contributed by atoms with E-state index >= 15 is 0 Å². The van der Waals surface area contributed by atoms with E-state index in [-0.39, 0.29) is 6.61 Å². The summed E-state index contributed by atoms with van der Waals surface area (Å²) in [6.45, 7) is 7.89. The molecule has 0 atom stereocenters.